The van der Waals surface area contributed by atoms with Crippen molar-refractivity contribution in [1.82, 2.24) is 0 Å². The SMILES string of the molecule is Cc1cc(Oc2c(C)ccc(C)c2C)ccc1C(=N)N. The van der Waals surface area contributed by atoms with E-state index in [1.165, 1.54) is 5.56 Å². The first-order valence-electron chi connectivity index (χ1n) is 6.60. The zero-order valence-corrected chi connectivity index (χ0v) is 12.4. The largest absolute Gasteiger partial charge is 0.457 e. The average molecular weight is 268 g/mol. The van der Waals surface area contributed by atoms with Crippen LogP contribution in [0.1, 0.15) is 27.8 Å². The Labute approximate surface area is 119 Å². The Morgan fingerprint density at radius 3 is 2.20 bits per heavy atom. The molecule has 0 fully saturated rings. The van der Waals surface area contributed by atoms with Crippen molar-refractivity contribution in [2.75, 3.05) is 0 Å². The Balaban J connectivity index is 2.39. The molecule has 0 bridgehead atoms. The van der Waals surface area contributed by atoms with Crippen LogP contribution < -0.4 is 10.5 Å². The normalized spacial score (nSPS) is 10.4. The Kier molecular flexibility index (Phi) is 3.79. The lowest BCUT2D eigenvalue weighted by molar-refractivity contribution is 0.474. The van der Waals surface area contributed by atoms with Gasteiger partial charge in [0.2, 0.25) is 0 Å². The summed E-state index contributed by atoms with van der Waals surface area (Å²) in [6.07, 6.45) is 0. The molecule has 0 aromatic heterocycles. The van der Waals surface area contributed by atoms with Gasteiger partial charge in [0, 0.05) is 5.56 Å². The second-order valence-corrected chi connectivity index (χ2v) is 5.15. The monoisotopic (exact) mass is 268 g/mol. The van der Waals surface area contributed by atoms with Crippen LogP contribution in [0.15, 0.2) is 30.3 Å². The molecule has 0 heterocycles. The highest BCUT2D eigenvalue weighted by Gasteiger charge is 2.09. The lowest BCUT2D eigenvalue weighted by atomic mass is 10.0. The highest BCUT2D eigenvalue weighted by atomic mass is 16.5. The van der Waals surface area contributed by atoms with Gasteiger partial charge in [0.05, 0.1) is 0 Å². The maximum atomic E-state index is 7.50. The standard InChI is InChI=1S/C17H20N2O/c1-10-5-6-11(2)16(13(10)4)20-14-7-8-15(17(18)19)12(3)9-14/h5-9H,1-4H3,(H3,18,19). The van der Waals surface area contributed by atoms with Gasteiger partial charge in [-0.15, -0.1) is 0 Å². The summed E-state index contributed by atoms with van der Waals surface area (Å²) in [5.74, 6) is 1.75. The molecule has 0 aliphatic heterocycles. The summed E-state index contributed by atoms with van der Waals surface area (Å²) in [6.45, 7) is 8.11. The van der Waals surface area contributed by atoms with Crippen molar-refractivity contribution in [2.24, 2.45) is 5.73 Å². The first kappa shape index (κ1) is 14.1. The Hall–Kier alpha value is -2.29. The molecule has 20 heavy (non-hydrogen) atoms. The van der Waals surface area contributed by atoms with Crippen molar-refractivity contribution in [3.8, 4) is 11.5 Å². The fourth-order valence-electron chi connectivity index (χ4n) is 2.20. The van der Waals surface area contributed by atoms with Gasteiger partial charge in [-0.2, -0.15) is 0 Å². The van der Waals surface area contributed by atoms with E-state index in [0.29, 0.717) is 0 Å². The minimum Gasteiger partial charge on any atom is -0.457 e. The molecule has 0 amide bonds. The van der Waals surface area contributed by atoms with Crippen molar-refractivity contribution in [1.29, 1.82) is 5.41 Å². The summed E-state index contributed by atoms with van der Waals surface area (Å²) in [4.78, 5) is 0. The molecule has 2 aromatic rings. The Morgan fingerprint density at radius 1 is 0.950 bits per heavy atom. The summed E-state index contributed by atoms with van der Waals surface area (Å²) in [6, 6.07) is 9.76. The number of hydrogen-bond acceptors (Lipinski definition) is 2. The minimum atomic E-state index is 0.0805. The molecule has 0 radical (unpaired) electrons. The van der Waals surface area contributed by atoms with Gasteiger partial charge in [-0.25, -0.2) is 0 Å². The lowest BCUT2D eigenvalue weighted by Gasteiger charge is -2.14. The van der Waals surface area contributed by atoms with Crippen LogP contribution in [0.25, 0.3) is 0 Å². The molecule has 0 saturated carbocycles. The third-order valence-corrected chi connectivity index (χ3v) is 3.58. The predicted molar refractivity (Wildman–Crippen MR) is 82.9 cm³/mol. The van der Waals surface area contributed by atoms with Crippen LogP contribution in [0.4, 0.5) is 0 Å². The average Bonchev–Trinajstić information content (AvgIpc) is 2.39. The number of benzene rings is 2. The molecular formula is C17H20N2O. The molecule has 2 rings (SSSR count). The van der Waals surface area contributed by atoms with Crippen LogP contribution >= 0.6 is 0 Å². The molecule has 2 aromatic carbocycles. The fraction of sp³-hybridized carbons (Fsp3) is 0.235. The summed E-state index contributed by atoms with van der Waals surface area (Å²) in [5, 5.41) is 7.50. The van der Waals surface area contributed by atoms with E-state index in [-0.39, 0.29) is 5.84 Å². The van der Waals surface area contributed by atoms with E-state index < -0.39 is 0 Å². The topological polar surface area (TPSA) is 59.1 Å². The smallest absolute Gasteiger partial charge is 0.133 e. The predicted octanol–water partition coefficient (Wildman–Crippen LogP) is 4.00. The zero-order valence-electron chi connectivity index (χ0n) is 12.4. The van der Waals surface area contributed by atoms with Gasteiger partial charge in [0.1, 0.15) is 17.3 Å². The van der Waals surface area contributed by atoms with Gasteiger partial charge in [-0.1, -0.05) is 12.1 Å². The van der Waals surface area contributed by atoms with Gasteiger partial charge in [0.25, 0.3) is 0 Å². The van der Waals surface area contributed by atoms with Crippen molar-refractivity contribution < 1.29 is 4.74 Å². The minimum absolute atomic E-state index is 0.0805. The van der Waals surface area contributed by atoms with Gasteiger partial charge >= 0.3 is 0 Å². The van der Waals surface area contributed by atoms with Crippen molar-refractivity contribution in [3.05, 3.63) is 58.1 Å². The Morgan fingerprint density at radius 2 is 1.60 bits per heavy atom. The molecule has 0 atom stereocenters. The van der Waals surface area contributed by atoms with Gasteiger partial charge in [-0.3, -0.25) is 5.41 Å². The maximum absolute atomic E-state index is 7.50. The fourth-order valence-corrected chi connectivity index (χ4v) is 2.20. The van der Waals surface area contributed by atoms with E-state index in [0.717, 1.165) is 33.8 Å². The van der Waals surface area contributed by atoms with E-state index in [9.17, 15) is 0 Å². The van der Waals surface area contributed by atoms with Crippen LogP contribution in [0, 0.1) is 33.1 Å². The molecule has 3 nitrogen and oxygen atoms in total. The van der Waals surface area contributed by atoms with Crippen LogP contribution in [0.3, 0.4) is 0 Å². The molecule has 0 unspecified atom stereocenters. The first-order valence-corrected chi connectivity index (χ1v) is 6.60. The Bertz CT molecular complexity index is 675. The summed E-state index contributed by atoms with van der Waals surface area (Å²) < 4.78 is 6.03. The van der Waals surface area contributed by atoms with E-state index in [1.807, 2.05) is 32.0 Å². The number of rotatable bonds is 3. The molecule has 0 spiro atoms. The second-order valence-electron chi connectivity index (χ2n) is 5.15. The van der Waals surface area contributed by atoms with Gasteiger partial charge in [0.15, 0.2) is 0 Å². The molecule has 3 heteroatoms. The van der Waals surface area contributed by atoms with Gasteiger partial charge < -0.3 is 10.5 Å². The number of nitrogen functional groups attached to an aromatic ring is 1. The second kappa shape index (κ2) is 5.37. The van der Waals surface area contributed by atoms with E-state index in [1.54, 1.807) is 0 Å². The van der Waals surface area contributed by atoms with Crippen molar-refractivity contribution >= 4 is 5.84 Å². The number of aryl methyl sites for hydroxylation is 3. The summed E-state index contributed by atoms with van der Waals surface area (Å²) >= 11 is 0. The quantitative estimate of drug-likeness (QED) is 0.653. The maximum Gasteiger partial charge on any atom is 0.133 e. The zero-order chi connectivity index (χ0) is 14.9. The number of ether oxygens (including phenoxy) is 1. The lowest BCUT2D eigenvalue weighted by Crippen LogP contribution is -2.12. The number of hydrogen-bond donors (Lipinski definition) is 2. The van der Waals surface area contributed by atoms with Crippen molar-refractivity contribution in [3.63, 3.8) is 0 Å². The van der Waals surface area contributed by atoms with Crippen LogP contribution in [0.5, 0.6) is 11.5 Å². The molecular weight excluding hydrogens is 248 g/mol. The van der Waals surface area contributed by atoms with E-state index >= 15 is 0 Å². The highest BCUT2D eigenvalue weighted by Crippen LogP contribution is 2.31. The number of nitrogens with two attached hydrogens (primary N) is 1. The van der Waals surface area contributed by atoms with Crippen molar-refractivity contribution in [2.45, 2.75) is 27.7 Å². The van der Waals surface area contributed by atoms with E-state index in [4.69, 9.17) is 15.9 Å². The molecule has 0 aliphatic carbocycles. The first-order chi connectivity index (χ1) is 9.40. The summed E-state index contributed by atoms with van der Waals surface area (Å²) in [7, 11) is 0. The van der Waals surface area contributed by atoms with Crippen LogP contribution in [-0.2, 0) is 0 Å². The van der Waals surface area contributed by atoms with Crippen LogP contribution in [0.2, 0.25) is 0 Å². The highest BCUT2D eigenvalue weighted by molar-refractivity contribution is 5.96. The van der Waals surface area contributed by atoms with Gasteiger partial charge in [-0.05, 0) is 68.1 Å². The third-order valence-electron chi connectivity index (χ3n) is 3.58. The number of amidine groups is 1. The molecule has 0 aliphatic rings. The third kappa shape index (κ3) is 2.67. The molecule has 0 saturated heterocycles. The van der Waals surface area contributed by atoms with E-state index in [2.05, 4.69) is 26.0 Å². The molecule has 104 valence electrons. The molecule has 3 N–H and O–H groups in total. The van der Waals surface area contributed by atoms with Crippen LogP contribution in [-0.4, -0.2) is 5.84 Å². The summed E-state index contributed by atoms with van der Waals surface area (Å²) in [5.41, 5.74) is 10.7. The number of nitrogens with one attached hydrogen (secondary N) is 1.